The first kappa shape index (κ1) is 17.7. The van der Waals surface area contributed by atoms with Crippen LogP contribution in [0.5, 0.6) is 5.75 Å². The van der Waals surface area contributed by atoms with E-state index in [9.17, 15) is 4.79 Å². The van der Waals surface area contributed by atoms with Crippen molar-refractivity contribution in [2.75, 3.05) is 0 Å². The summed E-state index contributed by atoms with van der Waals surface area (Å²) >= 11 is 0. The molecule has 0 aliphatic heterocycles. The summed E-state index contributed by atoms with van der Waals surface area (Å²) in [6.07, 6.45) is 3.16. The maximum atomic E-state index is 11.5. The summed E-state index contributed by atoms with van der Waals surface area (Å²) in [5.74, 6) is 0.859. The third-order valence-electron chi connectivity index (χ3n) is 5.56. The van der Waals surface area contributed by atoms with Crippen LogP contribution in [0.4, 0.5) is 0 Å². The molecule has 0 saturated heterocycles. The van der Waals surface area contributed by atoms with Gasteiger partial charge in [-0.2, -0.15) is 0 Å². The molecule has 2 aromatic carbocycles. The highest BCUT2D eigenvalue weighted by Crippen LogP contribution is 2.49. The fourth-order valence-corrected chi connectivity index (χ4v) is 3.78. The van der Waals surface area contributed by atoms with Crippen molar-refractivity contribution in [3.63, 3.8) is 0 Å². The molecular formula is C23H28O2. The number of carbonyl (C=O) groups excluding carboxylic acids is 1. The normalized spacial score (nSPS) is 17.6. The molecule has 0 radical (unpaired) electrons. The quantitative estimate of drug-likeness (QED) is 0.666. The van der Waals surface area contributed by atoms with Crippen molar-refractivity contribution in [3.8, 4) is 5.75 Å². The largest absolute Gasteiger partial charge is 0.489 e. The van der Waals surface area contributed by atoms with Crippen molar-refractivity contribution in [2.45, 2.75) is 64.9 Å². The summed E-state index contributed by atoms with van der Waals surface area (Å²) in [6, 6.07) is 12.4. The van der Waals surface area contributed by atoms with E-state index in [1.54, 1.807) is 0 Å². The van der Waals surface area contributed by atoms with Gasteiger partial charge in [-0.3, -0.25) is 4.79 Å². The van der Waals surface area contributed by atoms with Crippen molar-refractivity contribution < 1.29 is 9.53 Å². The second kappa shape index (κ2) is 6.33. The van der Waals surface area contributed by atoms with E-state index in [4.69, 9.17) is 4.74 Å². The molecule has 0 bridgehead atoms. The van der Waals surface area contributed by atoms with E-state index in [1.807, 2.05) is 6.07 Å². The van der Waals surface area contributed by atoms with Crippen LogP contribution in [0.1, 0.15) is 73.1 Å². The van der Waals surface area contributed by atoms with Crippen molar-refractivity contribution in [2.24, 2.45) is 0 Å². The molecule has 0 amide bonds. The summed E-state index contributed by atoms with van der Waals surface area (Å²) < 4.78 is 6.24. The van der Waals surface area contributed by atoms with Gasteiger partial charge >= 0.3 is 0 Å². The third-order valence-corrected chi connectivity index (χ3v) is 5.56. The molecule has 0 heterocycles. The van der Waals surface area contributed by atoms with Crippen molar-refractivity contribution in [1.29, 1.82) is 0 Å². The van der Waals surface area contributed by atoms with Crippen LogP contribution < -0.4 is 4.74 Å². The predicted octanol–water partition coefficient (Wildman–Crippen LogP) is 5.74. The zero-order valence-electron chi connectivity index (χ0n) is 16.0. The van der Waals surface area contributed by atoms with Gasteiger partial charge in [-0.1, -0.05) is 57.5 Å². The summed E-state index contributed by atoms with van der Waals surface area (Å²) in [5, 5.41) is 0. The second-order valence-corrected chi connectivity index (χ2v) is 8.60. The number of aryl methyl sites for hydroxylation is 1. The van der Waals surface area contributed by atoms with E-state index in [-0.39, 0.29) is 10.8 Å². The first-order chi connectivity index (χ1) is 11.7. The van der Waals surface area contributed by atoms with Gasteiger partial charge in [-0.25, -0.2) is 0 Å². The molecule has 25 heavy (non-hydrogen) atoms. The van der Waals surface area contributed by atoms with Gasteiger partial charge in [0.05, 0.1) is 0 Å². The molecule has 0 fully saturated rings. The minimum atomic E-state index is 0.0505. The van der Waals surface area contributed by atoms with E-state index in [2.05, 4.69) is 65.0 Å². The molecule has 0 saturated carbocycles. The molecule has 1 aliphatic carbocycles. The Labute approximate surface area is 151 Å². The first-order valence-corrected chi connectivity index (χ1v) is 9.05. The Morgan fingerprint density at radius 1 is 1.00 bits per heavy atom. The van der Waals surface area contributed by atoms with Gasteiger partial charge in [-0.15, -0.1) is 0 Å². The van der Waals surface area contributed by atoms with E-state index in [0.29, 0.717) is 12.2 Å². The van der Waals surface area contributed by atoms with Crippen LogP contribution in [-0.2, 0) is 17.4 Å². The van der Waals surface area contributed by atoms with Crippen LogP contribution in [0.15, 0.2) is 36.4 Å². The number of carbonyl (C=O) groups is 1. The van der Waals surface area contributed by atoms with Crippen molar-refractivity contribution in [3.05, 3.63) is 64.2 Å². The maximum absolute atomic E-state index is 11.5. The van der Waals surface area contributed by atoms with Gasteiger partial charge in [0, 0.05) is 11.1 Å². The van der Waals surface area contributed by atoms with Crippen LogP contribution in [0.3, 0.4) is 0 Å². The summed E-state index contributed by atoms with van der Waals surface area (Å²) in [6.45, 7) is 11.7. The molecule has 0 atom stereocenters. The minimum absolute atomic E-state index is 0.0505. The Morgan fingerprint density at radius 3 is 2.28 bits per heavy atom. The van der Waals surface area contributed by atoms with Crippen molar-refractivity contribution in [1.82, 2.24) is 0 Å². The third kappa shape index (κ3) is 3.49. The smallest absolute Gasteiger partial charge is 0.150 e. The van der Waals surface area contributed by atoms with Gasteiger partial charge in [0.25, 0.3) is 0 Å². The monoisotopic (exact) mass is 336 g/mol. The van der Waals surface area contributed by atoms with E-state index in [0.717, 1.165) is 30.4 Å². The number of hydrogen-bond donors (Lipinski definition) is 0. The Balaban J connectivity index is 2.03. The number of rotatable bonds is 4. The number of hydrogen-bond acceptors (Lipinski definition) is 2. The number of benzene rings is 2. The van der Waals surface area contributed by atoms with Gasteiger partial charge in [0.15, 0.2) is 0 Å². The highest BCUT2D eigenvalue weighted by Gasteiger charge is 2.39. The molecule has 0 unspecified atom stereocenters. The molecule has 0 spiro atoms. The maximum Gasteiger partial charge on any atom is 0.150 e. The molecule has 2 heteroatoms. The highest BCUT2D eigenvalue weighted by atomic mass is 16.5. The van der Waals surface area contributed by atoms with Gasteiger partial charge < -0.3 is 4.74 Å². The standard InChI is InChI=1S/C23H28O2/c1-16-6-8-17(9-7-16)15-25-20-13-18(14-24)12-19-21(20)23(4,5)11-10-22(19,2)3/h6-9,12-14H,10-11,15H2,1-5H3. The summed E-state index contributed by atoms with van der Waals surface area (Å²) in [4.78, 5) is 11.5. The first-order valence-electron chi connectivity index (χ1n) is 9.05. The van der Waals surface area contributed by atoms with Gasteiger partial charge in [-0.05, 0) is 53.9 Å². The number of fused-ring (bicyclic) bond motifs is 1. The molecule has 0 aromatic heterocycles. The van der Waals surface area contributed by atoms with Crippen LogP contribution in [-0.4, -0.2) is 6.29 Å². The highest BCUT2D eigenvalue weighted by molar-refractivity contribution is 5.77. The fourth-order valence-electron chi connectivity index (χ4n) is 3.78. The lowest BCUT2D eigenvalue weighted by atomic mass is 9.62. The Kier molecular flexibility index (Phi) is 4.49. The van der Waals surface area contributed by atoms with E-state index in [1.165, 1.54) is 16.7 Å². The lowest BCUT2D eigenvalue weighted by Crippen LogP contribution is -2.34. The molecular weight excluding hydrogens is 308 g/mol. The van der Waals surface area contributed by atoms with E-state index >= 15 is 0 Å². The van der Waals surface area contributed by atoms with Crippen LogP contribution in [0, 0.1) is 6.92 Å². The summed E-state index contributed by atoms with van der Waals surface area (Å²) in [7, 11) is 0. The topological polar surface area (TPSA) is 26.3 Å². The van der Waals surface area contributed by atoms with Gasteiger partial charge in [0.1, 0.15) is 18.6 Å². The molecule has 3 rings (SSSR count). The predicted molar refractivity (Wildman–Crippen MR) is 103 cm³/mol. The number of aldehydes is 1. The molecule has 132 valence electrons. The van der Waals surface area contributed by atoms with Crippen molar-refractivity contribution >= 4 is 6.29 Å². The Morgan fingerprint density at radius 2 is 1.64 bits per heavy atom. The fraction of sp³-hybridized carbons (Fsp3) is 0.435. The molecule has 0 N–H and O–H groups in total. The second-order valence-electron chi connectivity index (χ2n) is 8.60. The lowest BCUT2D eigenvalue weighted by Gasteiger charge is -2.42. The van der Waals surface area contributed by atoms with Gasteiger partial charge in [0.2, 0.25) is 0 Å². The average Bonchev–Trinajstić information content (AvgIpc) is 2.58. The summed E-state index contributed by atoms with van der Waals surface area (Å²) in [5.41, 5.74) is 5.72. The molecule has 2 aromatic rings. The average molecular weight is 336 g/mol. The lowest BCUT2D eigenvalue weighted by molar-refractivity contribution is 0.112. The Bertz CT molecular complexity index is 782. The Hall–Kier alpha value is -2.09. The molecule has 2 nitrogen and oxygen atoms in total. The molecule has 1 aliphatic rings. The van der Waals surface area contributed by atoms with Crippen LogP contribution in [0.25, 0.3) is 0 Å². The zero-order valence-corrected chi connectivity index (χ0v) is 16.0. The zero-order chi connectivity index (χ0) is 18.2. The SMILES string of the molecule is Cc1ccc(COc2cc(C=O)cc3c2C(C)(C)CCC3(C)C)cc1. The number of ether oxygens (including phenoxy) is 1. The van der Waals surface area contributed by atoms with Crippen LogP contribution >= 0.6 is 0 Å². The van der Waals surface area contributed by atoms with Crippen LogP contribution in [0.2, 0.25) is 0 Å². The van der Waals surface area contributed by atoms with E-state index < -0.39 is 0 Å². The minimum Gasteiger partial charge on any atom is -0.489 e.